The highest BCUT2D eigenvalue weighted by Crippen LogP contribution is 2.27. The lowest BCUT2D eigenvalue weighted by molar-refractivity contribution is 0.0773. The van der Waals surface area contributed by atoms with Crippen LogP contribution in [0.25, 0.3) is 11.0 Å². The molecule has 4 rings (SSSR count). The smallest absolute Gasteiger partial charge is 0.326 e. The average Bonchev–Trinajstić information content (AvgIpc) is 2.85. The number of nitrogens with zero attached hydrogens (tertiary/aromatic N) is 2. The topological polar surface area (TPSA) is 50.3 Å². The summed E-state index contributed by atoms with van der Waals surface area (Å²) in [7, 11) is 1.79. The van der Waals surface area contributed by atoms with Gasteiger partial charge in [-0.15, -0.1) is 0 Å². The minimum Gasteiger partial charge on any atom is -0.376 e. The third kappa shape index (κ3) is 2.83. The van der Waals surface area contributed by atoms with Gasteiger partial charge in [0.15, 0.2) is 0 Å². The lowest BCUT2D eigenvalue weighted by Gasteiger charge is -2.41. The summed E-state index contributed by atoms with van der Waals surface area (Å²) in [5.74, 6) is 0.569. The van der Waals surface area contributed by atoms with E-state index in [4.69, 9.17) is 4.74 Å². The summed E-state index contributed by atoms with van der Waals surface area (Å²) in [5, 5.41) is 0. The van der Waals surface area contributed by atoms with Crippen molar-refractivity contribution in [1.82, 2.24) is 9.55 Å². The molecule has 124 valence electrons. The van der Waals surface area contributed by atoms with Crippen LogP contribution in [-0.4, -0.2) is 29.2 Å². The molecule has 1 aromatic heterocycles. The van der Waals surface area contributed by atoms with Gasteiger partial charge in [0.2, 0.25) is 0 Å². The molecule has 5 heteroatoms. The van der Waals surface area contributed by atoms with Gasteiger partial charge >= 0.3 is 5.69 Å². The molecule has 1 aliphatic rings. The van der Waals surface area contributed by atoms with Crippen molar-refractivity contribution in [2.24, 2.45) is 13.0 Å². The molecule has 2 aromatic carbocycles. The van der Waals surface area contributed by atoms with Gasteiger partial charge in [0.25, 0.3) is 0 Å². The summed E-state index contributed by atoms with van der Waals surface area (Å²) < 4.78 is 7.48. The number of hydrogen-bond donors (Lipinski definition) is 1. The monoisotopic (exact) mass is 323 g/mol. The van der Waals surface area contributed by atoms with Crippen LogP contribution in [-0.2, 0) is 18.4 Å². The van der Waals surface area contributed by atoms with E-state index in [0.717, 1.165) is 36.4 Å². The Morgan fingerprint density at radius 2 is 1.96 bits per heavy atom. The minimum atomic E-state index is -0.0713. The van der Waals surface area contributed by atoms with Crippen molar-refractivity contribution >= 4 is 16.7 Å². The Morgan fingerprint density at radius 3 is 2.75 bits per heavy atom. The first-order chi connectivity index (χ1) is 11.7. The van der Waals surface area contributed by atoms with Crippen molar-refractivity contribution in [1.29, 1.82) is 0 Å². The number of rotatable bonds is 5. The first kappa shape index (κ1) is 15.0. The van der Waals surface area contributed by atoms with Gasteiger partial charge in [-0.3, -0.25) is 4.57 Å². The van der Waals surface area contributed by atoms with Crippen LogP contribution in [0.4, 0.5) is 5.69 Å². The summed E-state index contributed by atoms with van der Waals surface area (Å²) in [6.45, 7) is 3.46. The predicted molar refractivity (Wildman–Crippen MR) is 95.3 cm³/mol. The standard InChI is InChI=1S/C19H21N3O2/c1-21-18-9-16(7-8-17(18)20-19(21)23)22-10-15(11-22)13-24-12-14-5-3-2-4-6-14/h2-9,15H,10-13H2,1H3,(H,20,23). The summed E-state index contributed by atoms with van der Waals surface area (Å²) in [5.41, 5.74) is 4.14. The molecule has 0 radical (unpaired) electrons. The zero-order chi connectivity index (χ0) is 16.5. The van der Waals surface area contributed by atoms with Gasteiger partial charge in [-0.25, -0.2) is 4.79 Å². The normalized spacial score (nSPS) is 15.0. The Hall–Kier alpha value is -2.53. The van der Waals surface area contributed by atoms with Crippen LogP contribution >= 0.6 is 0 Å². The number of aromatic amines is 1. The number of hydrogen-bond acceptors (Lipinski definition) is 3. The van der Waals surface area contributed by atoms with Gasteiger partial charge in [0.05, 0.1) is 24.2 Å². The molecule has 0 saturated carbocycles. The van der Waals surface area contributed by atoms with Crippen LogP contribution in [0.3, 0.4) is 0 Å². The highest BCUT2D eigenvalue weighted by atomic mass is 16.5. The van der Waals surface area contributed by atoms with Crippen LogP contribution in [0, 0.1) is 5.92 Å². The van der Waals surface area contributed by atoms with Crippen molar-refractivity contribution in [3.8, 4) is 0 Å². The van der Waals surface area contributed by atoms with Crippen molar-refractivity contribution in [3.05, 3.63) is 64.6 Å². The Balaban J connectivity index is 1.32. The maximum Gasteiger partial charge on any atom is 0.326 e. The summed E-state index contributed by atoms with van der Waals surface area (Å²) in [6.07, 6.45) is 0. The molecular formula is C19H21N3O2. The highest BCUT2D eigenvalue weighted by Gasteiger charge is 2.27. The number of imidazole rings is 1. The maximum atomic E-state index is 11.7. The molecule has 3 aromatic rings. The Morgan fingerprint density at radius 1 is 1.17 bits per heavy atom. The number of aryl methyl sites for hydroxylation is 1. The largest absolute Gasteiger partial charge is 0.376 e. The summed E-state index contributed by atoms with van der Waals surface area (Å²) in [4.78, 5) is 16.8. The minimum absolute atomic E-state index is 0.0713. The quantitative estimate of drug-likeness (QED) is 0.785. The molecule has 1 aliphatic heterocycles. The molecule has 1 N–H and O–H groups in total. The van der Waals surface area contributed by atoms with E-state index in [-0.39, 0.29) is 5.69 Å². The number of anilines is 1. The lowest BCUT2D eigenvalue weighted by Crippen LogP contribution is -2.48. The van der Waals surface area contributed by atoms with Crippen LogP contribution in [0.2, 0.25) is 0 Å². The van der Waals surface area contributed by atoms with Gasteiger partial charge in [0.1, 0.15) is 0 Å². The number of aromatic nitrogens is 2. The molecule has 24 heavy (non-hydrogen) atoms. The van der Waals surface area contributed by atoms with Crippen molar-refractivity contribution in [2.45, 2.75) is 6.61 Å². The van der Waals surface area contributed by atoms with E-state index < -0.39 is 0 Å². The molecular weight excluding hydrogens is 302 g/mol. The van der Waals surface area contributed by atoms with Gasteiger partial charge < -0.3 is 14.6 Å². The van der Waals surface area contributed by atoms with E-state index in [1.165, 1.54) is 5.56 Å². The second-order valence-electron chi connectivity index (χ2n) is 6.46. The van der Waals surface area contributed by atoms with Gasteiger partial charge in [0, 0.05) is 31.7 Å². The number of ether oxygens (including phenoxy) is 1. The predicted octanol–water partition coefficient (Wildman–Crippen LogP) is 2.52. The summed E-state index contributed by atoms with van der Waals surface area (Å²) in [6, 6.07) is 16.4. The fraction of sp³-hybridized carbons (Fsp3) is 0.316. The van der Waals surface area contributed by atoms with E-state index >= 15 is 0 Å². The second-order valence-corrected chi connectivity index (χ2v) is 6.46. The number of nitrogens with one attached hydrogen (secondary N) is 1. The number of benzene rings is 2. The molecule has 0 amide bonds. The highest BCUT2D eigenvalue weighted by molar-refractivity contribution is 5.80. The SMILES string of the molecule is Cn1c(=O)[nH]c2ccc(N3CC(COCc4ccccc4)C3)cc21. The third-order valence-electron chi connectivity index (χ3n) is 4.68. The molecule has 1 saturated heterocycles. The Labute approximate surface area is 140 Å². The molecule has 2 heterocycles. The van der Waals surface area contributed by atoms with Gasteiger partial charge in [-0.2, -0.15) is 0 Å². The maximum absolute atomic E-state index is 11.7. The molecule has 0 atom stereocenters. The van der Waals surface area contributed by atoms with Gasteiger partial charge in [-0.05, 0) is 23.8 Å². The van der Waals surface area contributed by atoms with Gasteiger partial charge in [-0.1, -0.05) is 30.3 Å². The van der Waals surface area contributed by atoms with Crippen LogP contribution < -0.4 is 10.6 Å². The Bertz CT molecular complexity index is 892. The van der Waals surface area contributed by atoms with E-state index in [9.17, 15) is 4.79 Å². The molecule has 0 spiro atoms. The van der Waals surface area contributed by atoms with Crippen molar-refractivity contribution in [3.63, 3.8) is 0 Å². The summed E-state index contributed by atoms with van der Waals surface area (Å²) >= 11 is 0. The van der Waals surface area contributed by atoms with Crippen molar-refractivity contribution in [2.75, 3.05) is 24.6 Å². The number of fused-ring (bicyclic) bond motifs is 1. The molecule has 1 fully saturated rings. The molecule has 0 aliphatic carbocycles. The Kier molecular flexibility index (Phi) is 3.86. The van der Waals surface area contributed by atoms with Crippen LogP contribution in [0.1, 0.15) is 5.56 Å². The molecule has 0 bridgehead atoms. The van der Waals surface area contributed by atoms with Crippen LogP contribution in [0.15, 0.2) is 53.3 Å². The lowest BCUT2D eigenvalue weighted by atomic mass is 10.00. The van der Waals surface area contributed by atoms with E-state index in [0.29, 0.717) is 12.5 Å². The first-order valence-electron chi connectivity index (χ1n) is 8.26. The fourth-order valence-electron chi connectivity index (χ4n) is 3.21. The molecule has 5 nitrogen and oxygen atoms in total. The van der Waals surface area contributed by atoms with E-state index in [1.807, 2.05) is 24.3 Å². The first-order valence-corrected chi connectivity index (χ1v) is 8.26. The van der Waals surface area contributed by atoms with Crippen LogP contribution in [0.5, 0.6) is 0 Å². The number of H-pyrrole nitrogens is 1. The zero-order valence-corrected chi connectivity index (χ0v) is 13.7. The molecule has 0 unspecified atom stereocenters. The van der Waals surface area contributed by atoms with E-state index in [2.05, 4.69) is 34.1 Å². The zero-order valence-electron chi connectivity index (χ0n) is 13.7. The third-order valence-corrected chi connectivity index (χ3v) is 4.68. The van der Waals surface area contributed by atoms with E-state index in [1.54, 1.807) is 11.6 Å². The fourth-order valence-corrected chi connectivity index (χ4v) is 3.21. The second kappa shape index (κ2) is 6.17. The average molecular weight is 323 g/mol. The van der Waals surface area contributed by atoms with Crippen molar-refractivity contribution < 1.29 is 4.74 Å².